The molecule has 0 aliphatic carbocycles. The molecule has 1 heterocycles. The first-order chi connectivity index (χ1) is 8.15. The third kappa shape index (κ3) is 3.01. The van der Waals surface area contributed by atoms with Gasteiger partial charge in [0.2, 0.25) is 5.91 Å². The summed E-state index contributed by atoms with van der Waals surface area (Å²) in [4.78, 5) is 15.5. The average molecular weight is 251 g/mol. The van der Waals surface area contributed by atoms with Gasteiger partial charge in [-0.3, -0.25) is 4.79 Å². The Hall–Kier alpha value is -1.95. The molecule has 1 aromatic heterocycles. The van der Waals surface area contributed by atoms with Crippen molar-refractivity contribution in [1.29, 1.82) is 0 Å². The molecule has 88 valence electrons. The largest absolute Gasteiger partial charge is 0.375 e. The molecule has 0 saturated carbocycles. The smallest absolute Gasteiger partial charge is 0.230 e. The summed E-state index contributed by atoms with van der Waals surface area (Å²) in [7, 11) is 0. The zero-order valence-corrected chi connectivity index (χ0v) is 9.63. The van der Waals surface area contributed by atoms with Crippen LogP contribution in [0, 0.1) is 5.82 Å². The summed E-state index contributed by atoms with van der Waals surface area (Å²) >= 11 is 1.27. The minimum atomic E-state index is -0.460. The number of amides is 1. The average Bonchev–Trinajstić information content (AvgIpc) is 2.67. The predicted octanol–water partition coefficient (Wildman–Crippen LogP) is 2.05. The number of hydrogen-bond donors (Lipinski definition) is 2. The highest BCUT2D eigenvalue weighted by atomic mass is 32.1. The van der Waals surface area contributed by atoms with Crippen molar-refractivity contribution in [3.63, 3.8) is 0 Å². The van der Waals surface area contributed by atoms with Crippen LogP contribution in [0.15, 0.2) is 29.6 Å². The monoisotopic (exact) mass is 251 g/mol. The van der Waals surface area contributed by atoms with Crippen LogP contribution in [-0.2, 0) is 11.2 Å². The molecule has 17 heavy (non-hydrogen) atoms. The molecule has 0 atom stereocenters. The molecule has 1 aromatic carbocycles. The molecule has 0 unspecified atom stereocenters. The van der Waals surface area contributed by atoms with Crippen molar-refractivity contribution >= 4 is 28.1 Å². The lowest BCUT2D eigenvalue weighted by Crippen LogP contribution is -2.15. The molecular weight excluding hydrogens is 241 g/mol. The van der Waals surface area contributed by atoms with Gasteiger partial charge in [-0.1, -0.05) is 12.1 Å². The minimum Gasteiger partial charge on any atom is -0.375 e. The molecule has 0 fully saturated rings. The van der Waals surface area contributed by atoms with Gasteiger partial charge in [-0.25, -0.2) is 9.37 Å². The zero-order valence-electron chi connectivity index (χ0n) is 8.81. The van der Waals surface area contributed by atoms with Gasteiger partial charge < -0.3 is 11.1 Å². The number of nitrogens with two attached hydrogens (primary N) is 1. The lowest BCUT2D eigenvalue weighted by Gasteiger charge is -2.04. The number of halogens is 1. The maximum Gasteiger partial charge on any atom is 0.230 e. The standard InChI is InChI=1S/C11H10FN3OS/c12-8-3-1-2-4-9(8)15-10(16)5-7-6-17-11(13)14-7/h1-4,6H,5H2,(H2,13,14)(H,15,16). The fourth-order valence-electron chi connectivity index (χ4n) is 1.33. The number of carbonyl (C=O) groups is 1. The van der Waals surface area contributed by atoms with E-state index in [9.17, 15) is 9.18 Å². The Morgan fingerprint density at radius 1 is 1.47 bits per heavy atom. The number of aromatic nitrogens is 1. The molecule has 6 heteroatoms. The van der Waals surface area contributed by atoms with Crippen LogP contribution >= 0.6 is 11.3 Å². The summed E-state index contributed by atoms with van der Waals surface area (Å²) in [6, 6.07) is 6.00. The van der Waals surface area contributed by atoms with E-state index in [0.29, 0.717) is 10.8 Å². The molecule has 3 N–H and O–H groups in total. The zero-order chi connectivity index (χ0) is 12.3. The van der Waals surface area contributed by atoms with E-state index in [4.69, 9.17) is 5.73 Å². The second kappa shape index (κ2) is 4.92. The number of benzene rings is 1. The number of nitrogen functional groups attached to an aromatic ring is 1. The molecule has 0 aliphatic rings. The maximum absolute atomic E-state index is 13.2. The molecule has 0 radical (unpaired) electrons. The van der Waals surface area contributed by atoms with Crippen LogP contribution in [0.4, 0.5) is 15.2 Å². The van der Waals surface area contributed by atoms with E-state index in [2.05, 4.69) is 10.3 Å². The Kier molecular flexibility index (Phi) is 3.34. The number of thiazole rings is 1. The number of nitrogens with zero attached hydrogens (tertiary/aromatic N) is 1. The van der Waals surface area contributed by atoms with E-state index in [0.717, 1.165) is 0 Å². The highest BCUT2D eigenvalue weighted by Gasteiger charge is 2.09. The second-order valence-electron chi connectivity index (χ2n) is 3.38. The number of carbonyl (C=O) groups excluding carboxylic acids is 1. The van der Waals surface area contributed by atoms with Crippen molar-refractivity contribution in [2.45, 2.75) is 6.42 Å². The Morgan fingerprint density at radius 2 is 2.24 bits per heavy atom. The summed E-state index contributed by atoms with van der Waals surface area (Å²) in [5.74, 6) is -0.779. The van der Waals surface area contributed by atoms with Crippen molar-refractivity contribution in [1.82, 2.24) is 4.98 Å². The van der Waals surface area contributed by atoms with Crippen LogP contribution in [0.2, 0.25) is 0 Å². The number of nitrogens with one attached hydrogen (secondary N) is 1. The van der Waals surface area contributed by atoms with Crippen LogP contribution in [-0.4, -0.2) is 10.9 Å². The highest BCUT2D eigenvalue weighted by molar-refractivity contribution is 7.13. The normalized spacial score (nSPS) is 10.2. The second-order valence-corrected chi connectivity index (χ2v) is 4.27. The van der Waals surface area contributed by atoms with Crippen molar-refractivity contribution in [3.8, 4) is 0 Å². The molecule has 0 aliphatic heterocycles. The van der Waals surface area contributed by atoms with Gasteiger partial charge in [0.25, 0.3) is 0 Å². The summed E-state index contributed by atoms with van der Waals surface area (Å²) in [5, 5.41) is 4.60. The third-order valence-electron chi connectivity index (χ3n) is 2.06. The van der Waals surface area contributed by atoms with Gasteiger partial charge in [-0.2, -0.15) is 0 Å². The molecule has 2 aromatic rings. The number of hydrogen-bond acceptors (Lipinski definition) is 4. The van der Waals surface area contributed by atoms with Gasteiger partial charge in [0.15, 0.2) is 5.13 Å². The van der Waals surface area contributed by atoms with E-state index >= 15 is 0 Å². The first-order valence-electron chi connectivity index (χ1n) is 4.89. The lowest BCUT2D eigenvalue weighted by molar-refractivity contribution is -0.115. The van der Waals surface area contributed by atoms with E-state index in [1.807, 2.05) is 0 Å². The first kappa shape index (κ1) is 11.5. The summed E-state index contributed by atoms with van der Waals surface area (Å²) in [6.07, 6.45) is 0.0854. The van der Waals surface area contributed by atoms with Gasteiger partial charge in [-0.15, -0.1) is 11.3 Å². The van der Waals surface area contributed by atoms with Crippen molar-refractivity contribution in [3.05, 3.63) is 41.2 Å². The van der Waals surface area contributed by atoms with Crippen LogP contribution in [0.1, 0.15) is 5.69 Å². The number of anilines is 2. The molecule has 2 rings (SSSR count). The maximum atomic E-state index is 13.2. The molecule has 0 saturated heterocycles. The topological polar surface area (TPSA) is 68.0 Å². The van der Waals surface area contributed by atoms with Gasteiger partial charge in [0, 0.05) is 5.38 Å². The fourth-order valence-corrected chi connectivity index (χ4v) is 1.89. The SMILES string of the molecule is Nc1nc(CC(=O)Nc2ccccc2F)cs1. The quantitative estimate of drug-likeness (QED) is 0.877. The van der Waals surface area contributed by atoms with Crippen LogP contribution in [0.3, 0.4) is 0 Å². The van der Waals surface area contributed by atoms with Crippen molar-refractivity contribution in [2.24, 2.45) is 0 Å². The van der Waals surface area contributed by atoms with E-state index in [-0.39, 0.29) is 18.0 Å². The van der Waals surface area contributed by atoms with E-state index < -0.39 is 5.82 Å². The fraction of sp³-hybridized carbons (Fsp3) is 0.0909. The summed E-state index contributed by atoms with van der Waals surface area (Å²) in [6.45, 7) is 0. The van der Waals surface area contributed by atoms with Gasteiger partial charge in [-0.05, 0) is 12.1 Å². The Labute approximate surface area is 101 Å². The predicted molar refractivity (Wildman–Crippen MR) is 65.3 cm³/mol. The molecule has 4 nitrogen and oxygen atoms in total. The number of para-hydroxylation sites is 1. The van der Waals surface area contributed by atoms with E-state index in [1.165, 1.54) is 23.5 Å². The first-order valence-corrected chi connectivity index (χ1v) is 5.77. The Bertz CT molecular complexity index is 541. The molecular formula is C11H10FN3OS. The van der Waals surface area contributed by atoms with Crippen LogP contribution in [0.25, 0.3) is 0 Å². The lowest BCUT2D eigenvalue weighted by atomic mass is 10.2. The third-order valence-corrected chi connectivity index (χ3v) is 2.78. The van der Waals surface area contributed by atoms with E-state index in [1.54, 1.807) is 17.5 Å². The Balaban J connectivity index is 2.01. The van der Waals surface area contributed by atoms with Crippen LogP contribution < -0.4 is 11.1 Å². The van der Waals surface area contributed by atoms with Crippen LogP contribution in [0.5, 0.6) is 0 Å². The van der Waals surface area contributed by atoms with Gasteiger partial charge >= 0.3 is 0 Å². The number of rotatable bonds is 3. The van der Waals surface area contributed by atoms with Crippen molar-refractivity contribution in [2.75, 3.05) is 11.1 Å². The molecule has 0 spiro atoms. The molecule has 1 amide bonds. The molecule has 0 bridgehead atoms. The van der Waals surface area contributed by atoms with Gasteiger partial charge in [0.1, 0.15) is 5.82 Å². The van der Waals surface area contributed by atoms with Crippen molar-refractivity contribution < 1.29 is 9.18 Å². The highest BCUT2D eigenvalue weighted by Crippen LogP contribution is 2.14. The van der Waals surface area contributed by atoms with Gasteiger partial charge in [0.05, 0.1) is 17.8 Å². The minimum absolute atomic E-state index is 0.0854. The summed E-state index contributed by atoms with van der Waals surface area (Å²) < 4.78 is 13.2. The summed E-state index contributed by atoms with van der Waals surface area (Å²) in [5.41, 5.74) is 6.20. The Morgan fingerprint density at radius 3 is 2.88 bits per heavy atom.